The molecule has 0 saturated carbocycles. The van der Waals surface area contributed by atoms with Gasteiger partial charge in [0.25, 0.3) is 5.91 Å². The van der Waals surface area contributed by atoms with Crippen LogP contribution < -0.4 is 9.64 Å². The van der Waals surface area contributed by atoms with Gasteiger partial charge >= 0.3 is 6.18 Å². The van der Waals surface area contributed by atoms with E-state index in [4.69, 9.17) is 4.74 Å². The normalized spacial score (nSPS) is 14.7. The van der Waals surface area contributed by atoms with E-state index in [-0.39, 0.29) is 5.91 Å². The molecule has 0 unspecified atom stereocenters. The Kier molecular flexibility index (Phi) is 5.43. The molecule has 3 heterocycles. The van der Waals surface area contributed by atoms with Crippen LogP contribution in [0.5, 0.6) is 5.75 Å². The Morgan fingerprint density at radius 2 is 1.81 bits per heavy atom. The predicted octanol–water partition coefficient (Wildman–Crippen LogP) is 3.93. The lowest BCUT2D eigenvalue weighted by Gasteiger charge is -2.35. The second-order valence-electron chi connectivity index (χ2n) is 7.36. The van der Waals surface area contributed by atoms with Gasteiger partial charge in [-0.25, -0.2) is 4.98 Å². The van der Waals surface area contributed by atoms with E-state index >= 15 is 0 Å². The van der Waals surface area contributed by atoms with Crippen molar-refractivity contribution < 1.29 is 22.7 Å². The topological polar surface area (TPSA) is 58.6 Å². The molecule has 2 aromatic heterocycles. The average molecular weight is 430 g/mol. The Labute approximate surface area is 177 Å². The number of aryl methyl sites for hydroxylation is 1. The molecule has 4 rings (SSSR count). The van der Waals surface area contributed by atoms with Crippen LogP contribution in [0.3, 0.4) is 0 Å². The number of alkyl halides is 3. The van der Waals surface area contributed by atoms with Gasteiger partial charge in [-0.3, -0.25) is 9.78 Å². The van der Waals surface area contributed by atoms with Crippen LogP contribution in [0.1, 0.15) is 21.6 Å². The van der Waals surface area contributed by atoms with Crippen LogP contribution in [0.25, 0.3) is 10.9 Å². The SMILES string of the molecule is COc1ccc2cc(C(=O)N3CCN(c4ccc(C(F)(F)F)cn4)CC3)c(C)nc2c1. The third-order valence-electron chi connectivity index (χ3n) is 5.41. The van der Waals surface area contributed by atoms with Gasteiger partial charge < -0.3 is 14.5 Å². The smallest absolute Gasteiger partial charge is 0.417 e. The standard InChI is InChI=1S/C22H21F3N4O2/c1-14-18(11-15-3-5-17(31-2)12-19(15)27-14)21(30)29-9-7-28(8-10-29)20-6-4-16(13-26-20)22(23,24)25/h3-6,11-13H,7-10H2,1-2H3. The fourth-order valence-electron chi connectivity index (χ4n) is 3.64. The van der Waals surface area contributed by atoms with Crippen molar-refractivity contribution >= 4 is 22.6 Å². The van der Waals surface area contributed by atoms with Crippen LogP contribution in [0, 0.1) is 6.92 Å². The van der Waals surface area contributed by atoms with Crippen LogP contribution in [0.4, 0.5) is 19.0 Å². The summed E-state index contributed by atoms with van der Waals surface area (Å²) in [7, 11) is 1.59. The van der Waals surface area contributed by atoms with Crippen LogP contribution in [0.2, 0.25) is 0 Å². The van der Waals surface area contributed by atoms with E-state index in [0.717, 1.165) is 23.2 Å². The van der Waals surface area contributed by atoms with Crippen molar-refractivity contribution in [1.29, 1.82) is 0 Å². The number of halogens is 3. The van der Waals surface area contributed by atoms with Crippen molar-refractivity contribution in [3.8, 4) is 5.75 Å². The molecule has 0 spiro atoms. The number of hydrogen-bond donors (Lipinski definition) is 0. The quantitative estimate of drug-likeness (QED) is 0.630. The van der Waals surface area contributed by atoms with E-state index in [9.17, 15) is 18.0 Å². The summed E-state index contributed by atoms with van der Waals surface area (Å²) >= 11 is 0. The fraction of sp³-hybridized carbons (Fsp3) is 0.318. The second-order valence-corrected chi connectivity index (χ2v) is 7.36. The maximum Gasteiger partial charge on any atom is 0.417 e. The number of amides is 1. The van der Waals surface area contributed by atoms with E-state index in [1.165, 1.54) is 6.07 Å². The molecule has 1 amide bonds. The summed E-state index contributed by atoms with van der Waals surface area (Å²) in [5.41, 5.74) is 1.16. The Hall–Kier alpha value is -3.36. The largest absolute Gasteiger partial charge is 0.497 e. The number of pyridine rings is 2. The number of fused-ring (bicyclic) bond motifs is 1. The van der Waals surface area contributed by atoms with Gasteiger partial charge in [0.1, 0.15) is 11.6 Å². The number of ether oxygens (including phenoxy) is 1. The number of rotatable bonds is 3. The lowest BCUT2D eigenvalue weighted by atomic mass is 10.1. The molecule has 31 heavy (non-hydrogen) atoms. The lowest BCUT2D eigenvalue weighted by molar-refractivity contribution is -0.137. The summed E-state index contributed by atoms with van der Waals surface area (Å²) in [6, 6.07) is 9.75. The molecule has 1 fully saturated rings. The molecule has 6 nitrogen and oxygen atoms in total. The number of hydrogen-bond acceptors (Lipinski definition) is 5. The molecule has 1 aliphatic rings. The first kappa shape index (κ1) is 20.9. The number of anilines is 1. The minimum atomic E-state index is -4.41. The minimum absolute atomic E-state index is 0.109. The molecule has 0 N–H and O–H groups in total. The third-order valence-corrected chi connectivity index (χ3v) is 5.41. The van der Waals surface area contributed by atoms with Gasteiger partial charge in [0.05, 0.1) is 29.4 Å². The van der Waals surface area contributed by atoms with E-state index < -0.39 is 11.7 Å². The van der Waals surface area contributed by atoms with Crippen molar-refractivity contribution in [1.82, 2.24) is 14.9 Å². The molecule has 1 aliphatic heterocycles. The minimum Gasteiger partial charge on any atom is -0.497 e. The summed E-state index contributed by atoms with van der Waals surface area (Å²) in [4.78, 5) is 25.2. The van der Waals surface area contributed by atoms with E-state index in [1.54, 1.807) is 18.9 Å². The van der Waals surface area contributed by atoms with Gasteiger partial charge in [-0.2, -0.15) is 13.2 Å². The predicted molar refractivity (Wildman–Crippen MR) is 110 cm³/mol. The molecule has 162 valence electrons. The number of aromatic nitrogens is 2. The number of nitrogens with zero attached hydrogens (tertiary/aromatic N) is 4. The monoisotopic (exact) mass is 430 g/mol. The van der Waals surface area contributed by atoms with Crippen molar-refractivity contribution in [2.75, 3.05) is 38.2 Å². The number of methoxy groups -OCH3 is 1. The zero-order valence-electron chi connectivity index (χ0n) is 17.1. The molecule has 9 heteroatoms. The highest BCUT2D eigenvalue weighted by Crippen LogP contribution is 2.29. The van der Waals surface area contributed by atoms with Gasteiger partial charge in [0.15, 0.2) is 0 Å². The molecule has 1 saturated heterocycles. The molecule has 0 radical (unpaired) electrons. The maximum atomic E-state index is 13.1. The first-order chi connectivity index (χ1) is 14.8. The van der Waals surface area contributed by atoms with Crippen molar-refractivity contribution in [3.63, 3.8) is 0 Å². The first-order valence-corrected chi connectivity index (χ1v) is 9.79. The molecule has 3 aromatic rings. The number of piperazine rings is 1. The van der Waals surface area contributed by atoms with Crippen molar-refractivity contribution in [3.05, 3.63) is 59.4 Å². The number of carbonyl (C=O) groups is 1. The van der Waals surface area contributed by atoms with Crippen LogP contribution in [-0.4, -0.2) is 54.1 Å². The van der Waals surface area contributed by atoms with Gasteiger partial charge in [-0.1, -0.05) is 0 Å². The van der Waals surface area contributed by atoms with Gasteiger partial charge in [-0.05, 0) is 37.3 Å². The fourth-order valence-corrected chi connectivity index (χ4v) is 3.64. The van der Waals surface area contributed by atoms with E-state index in [1.807, 2.05) is 29.2 Å². The van der Waals surface area contributed by atoms with Crippen LogP contribution in [0.15, 0.2) is 42.6 Å². The van der Waals surface area contributed by atoms with Crippen LogP contribution >= 0.6 is 0 Å². The molecule has 1 aromatic carbocycles. The molecular weight excluding hydrogens is 409 g/mol. The van der Waals surface area contributed by atoms with Crippen molar-refractivity contribution in [2.45, 2.75) is 13.1 Å². The maximum absolute atomic E-state index is 13.1. The summed E-state index contributed by atoms with van der Waals surface area (Å²) < 4.78 is 43.4. The Balaban J connectivity index is 1.46. The summed E-state index contributed by atoms with van der Waals surface area (Å²) in [6.45, 7) is 3.67. The summed E-state index contributed by atoms with van der Waals surface area (Å²) in [5.74, 6) is 1.06. The molecule has 0 aliphatic carbocycles. The first-order valence-electron chi connectivity index (χ1n) is 9.79. The lowest BCUT2D eigenvalue weighted by Crippen LogP contribution is -2.49. The summed E-state index contributed by atoms with van der Waals surface area (Å²) in [6.07, 6.45) is -3.57. The van der Waals surface area contributed by atoms with E-state index in [2.05, 4.69) is 9.97 Å². The van der Waals surface area contributed by atoms with Crippen LogP contribution in [-0.2, 0) is 6.18 Å². The number of benzene rings is 1. The van der Waals surface area contributed by atoms with E-state index in [0.29, 0.717) is 49.0 Å². The molecule has 0 bridgehead atoms. The van der Waals surface area contributed by atoms with Gasteiger partial charge in [0, 0.05) is 43.8 Å². The van der Waals surface area contributed by atoms with Gasteiger partial charge in [-0.15, -0.1) is 0 Å². The second kappa shape index (κ2) is 8.05. The number of carbonyl (C=O) groups excluding carboxylic acids is 1. The third kappa shape index (κ3) is 4.26. The van der Waals surface area contributed by atoms with Gasteiger partial charge in [0.2, 0.25) is 0 Å². The highest BCUT2D eigenvalue weighted by atomic mass is 19.4. The Morgan fingerprint density at radius 3 is 2.42 bits per heavy atom. The zero-order chi connectivity index (χ0) is 22.2. The molecular formula is C22H21F3N4O2. The average Bonchev–Trinajstić information content (AvgIpc) is 2.77. The Morgan fingerprint density at radius 1 is 1.06 bits per heavy atom. The highest BCUT2D eigenvalue weighted by molar-refractivity contribution is 5.99. The summed E-state index contributed by atoms with van der Waals surface area (Å²) in [5, 5.41) is 0.849. The zero-order valence-corrected chi connectivity index (χ0v) is 17.1. The Bertz CT molecular complexity index is 1110. The highest BCUT2D eigenvalue weighted by Gasteiger charge is 2.31. The molecule has 0 atom stereocenters. The van der Waals surface area contributed by atoms with Crippen molar-refractivity contribution in [2.24, 2.45) is 0 Å².